The molecule has 2 heterocycles. The Kier molecular flexibility index (Phi) is 9.08. The number of hydrogen-bond donors (Lipinski definition) is 3. The summed E-state index contributed by atoms with van der Waals surface area (Å²) < 4.78 is 5.13. The molecular weight excluding hydrogens is 545 g/mol. The van der Waals surface area contributed by atoms with Crippen LogP contribution in [0, 0.1) is 0 Å². The van der Waals surface area contributed by atoms with Crippen LogP contribution in [0.25, 0.3) is 0 Å². The van der Waals surface area contributed by atoms with Crippen molar-refractivity contribution in [3.8, 4) is 0 Å². The van der Waals surface area contributed by atoms with Crippen LogP contribution in [0.15, 0.2) is 76.3 Å². The van der Waals surface area contributed by atoms with Crippen LogP contribution in [0.3, 0.4) is 0 Å². The highest BCUT2D eigenvalue weighted by Crippen LogP contribution is 2.21. The zero-order chi connectivity index (χ0) is 23.0. The lowest BCUT2D eigenvalue weighted by Crippen LogP contribution is -2.36. The first kappa shape index (κ1) is 25.3. The second kappa shape index (κ2) is 12.2. The largest absolute Gasteiger partial charge is 0.459 e. The summed E-state index contributed by atoms with van der Waals surface area (Å²) in [6.45, 7) is 1.94. The van der Waals surface area contributed by atoms with Crippen molar-refractivity contribution in [1.29, 1.82) is 0 Å². The van der Waals surface area contributed by atoms with E-state index in [1.54, 1.807) is 19.2 Å². The Hall–Kier alpha value is -3.34. The molecule has 0 saturated carbocycles. The molecule has 0 radical (unpaired) electrons. The van der Waals surface area contributed by atoms with Crippen molar-refractivity contribution in [2.75, 3.05) is 23.8 Å². The molecule has 0 spiro atoms. The van der Waals surface area contributed by atoms with Crippen molar-refractivity contribution in [2.24, 2.45) is 4.99 Å². The molecule has 0 aliphatic carbocycles. The Bertz CT molecular complexity index is 1130. The van der Waals surface area contributed by atoms with Crippen molar-refractivity contribution in [1.82, 2.24) is 10.6 Å². The SMILES string of the molecule is CN=C(NCc1ccc(N2CCCC2=O)cc1)NCc1cccc(NC(=O)c2ccco2)c1.I. The first-order valence-corrected chi connectivity index (χ1v) is 10.9. The molecule has 1 aliphatic heterocycles. The van der Waals surface area contributed by atoms with Gasteiger partial charge in [0.05, 0.1) is 6.26 Å². The number of halogens is 1. The van der Waals surface area contributed by atoms with E-state index in [0.29, 0.717) is 31.2 Å². The number of furan rings is 1. The first-order valence-electron chi connectivity index (χ1n) is 10.9. The maximum atomic E-state index is 12.2. The lowest BCUT2D eigenvalue weighted by atomic mass is 10.2. The fourth-order valence-corrected chi connectivity index (χ4v) is 3.67. The monoisotopic (exact) mass is 573 g/mol. The number of guanidine groups is 1. The summed E-state index contributed by atoms with van der Waals surface area (Å²) in [4.78, 5) is 30.2. The van der Waals surface area contributed by atoms with Crippen molar-refractivity contribution in [2.45, 2.75) is 25.9 Å². The molecule has 4 rings (SSSR count). The molecule has 9 heteroatoms. The van der Waals surface area contributed by atoms with E-state index in [9.17, 15) is 9.59 Å². The molecular formula is C25H28IN5O3. The van der Waals surface area contributed by atoms with Gasteiger partial charge in [0.1, 0.15) is 0 Å². The molecule has 0 unspecified atom stereocenters. The zero-order valence-corrected chi connectivity index (χ0v) is 21.2. The predicted molar refractivity (Wildman–Crippen MR) is 144 cm³/mol. The highest BCUT2D eigenvalue weighted by Gasteiger charge is 2.21. The number of rotatable bonds is 7. The van der Waals surface area contributed by atoms with Gasteiger partial charge in [-0.05, 0) is 53.9 Å². The van der Waals surface area contributed by atoms with Crippen molar-refractivity contribution >= 4 is 53.1 Å². The molecule has 2 amide bonds. The predicted octanol–water partition coefficient (Wildman–Crippen LogP) is 4.14. The average molecular weight is 573 g/mol. The fraction of sp³-hybridized carbons (Fsp3) is 0.240. The summed E-state index contributed by atoms with van der Waals surface area (Å²) in [5.41, 5.74) is 3.73. The summed E-state index contributed by atoms with van der Waals surface area (Å²) in [6.07, 6.45) is 3.02. The van der Waals surface area contributed by atoms with Crippen LogP contribution in [0.2, 0.25) is 0 Å². The smallest absolute Gasteiger partial charge is 0.291 e. The molecule has 1 fully saturated rings. The summed E-state index contributed by atoms with van der Waals surface area (Å²) >= 11 is 0. The molecule has 0 atom stereocenters. The van der Waals surface area contributed by atoms with E-state index in [0.717, 1.165) is 29.8 Å². The minimum atomic E-state index is -0.289. The topological polar surface area (TPSA) is 99.0 Å². The van der Waals surface area contributed by atoms with E-state index in [1.807, 2.05) is 53.4 Å². The van der Waals surface area contributed by atoms with Crippen LogP contribution in [0.1, 0.15) is 34.5 Å². The molecule has 1 saturated heterocycles. The lowest BCUT2D eigenvalue weighted by molar-refractivity contribution is -0.117. The first-order chi connectivity index (χ1) is 16.1. The van der Waals surface area contributed by atoms with Crippen LogP contribution in [-0.2, 0) is 17.9 Å². The Balaban J connectivity index is 0.00000324. The van der Waals surface area contributed by atoms with Crippen LogP contribution in [0.4, 0.5) is 11.4 Å². The van der Waals surface area contributed by atoms with Gasteiger partial charge in [0.2, 0.25) is 5.91 Å². The number of anilines is 2. The lowest BCUT2D eigenvalue weighted by Gasteiger charge is -2.16. The minimum absolute atomic E-state index is 0. The van der Waals surface area contributed by atoms with Gasteiger partial charge in [0, 0.05) is 44.5 Å². The summed E-state index contributed by atoms with van der Waals surface area (Å²) in [6, 6.07) is 18.9. The molecule has 2 aromatic carbocycles. The van der Waals surface area contributed by atoms with E-state index in [1.165, 1.54) is 6.26 Å². The zero-order valence-electron chi connectivity index (χ0n) is 18.9. The molecule has 1 aromatic heterocycles. The Morgan fingerprint density at radius 3 is 2.44 bits per heavy atom. The number of amides is 2. The highest BCUT2D eigenvalue weighted by atomic mass is 127. The van der Waals surface area contributed by atoms with Gasteiger partial charge >= 0.3 is 0 Å². The van der Waals surface area contributed by atoms with Gasteiger partial charge in [0.25, 0.3) is 5.91 Å². The van der Waals surface area contributed by atoms with Crippen LogP contribution in [-0.4, -0.2) is 31.4 Å². The van der Waals surface area contributed by atoms with E-state index in [4.69, 9.17) is 4.42 Å². The Morgan fingerprint density at radius 2 is 1.79 bits per heavy atom. The Labute approximate surface area is 215 Å². The summed E-state index contributed by atoms with van der Waals surface area (Å²) in [7, 11) is 1.72. The van der Waals surface area contributed by atoms with Gasteiger partial charge in [-0.25, -0.2) is 0 Å². The number of nitrogens with zero attached hydrogens (tertiary/aromatic N) is 2. The number of benzene rings is 2. The maximum Gasteiger partial charge on any atom is 0.291 e. The number of carbonyl (C=O) groups excluding carboxylic acids is 2. The molecule has 34 heavy (non-hydrogen) atoms. The van der Waals surface area contributed by atoms with Crippen molar-refractivity contribution in [3.05, 3.63) is 83.8 Å². The van der Waals surface area contributed by atoms with Crippen molar-refractivity contribution < 1.29 is 14.0 Å². The van der Waals surface area contributed by atoms with Gasteiger partial charge < -0.3 is 25.3 Å². The van der Waals surface area contributed by atoms with Crippen molar-refractivity contribution in [3.63, 3.8) is 0 Å². The van der Waals surface area contributed by atoms with Crippen LogP contribution in [0.5, 0.6) is 0 Å². The third-order valence-corrected chi connectivity index (χ3v) is 5.39. The molecule has 178 valence electrons. The normalized spacial score (nSPS) is 13.4. The van der Waals surface area contributed by atoms with Gasteiger partial charge in [-0.15, -0.1) is 24.0 Å². The van der Waals surface area contributed by atoms with E-state index in [-0.39, 0.29) is 41.6 Å². The second-order valence-corrected chi connectivity index (χ2v) is 7.73. The van der Waals surface area contributed by atoms with Gasteiger partial charge in [-0.2, -0.15) is 0 Å². The quantitative estimate of drug-likeness (QED) is 0.224. The summed E-state index contributed by atoms with van der Waals surface area (Å²) in [5, 5.41) is 9.41. The van der Waals surface area contributed by atoms with E-state index in [2.05, 4.69) is 20.9 Å². The second-order valence-electron chi connectivity index (χ2n) is 7.73. The standard InChI is InChI=1S/C25H27N5O3.HI/c1-26-25(27-16-18-9-11-21(12-10-18)30-13-3-8-23(30)31)28-17-19-5-2-6-20(15-19)29-24(32)22-7-4-14-33-22;/h2,4-7,9-12,14-15H,3,8,13,16-17H2,1H3,(H,29,32)(H2,26,27,28);1H. The van der Waals surface area contributed by atoms with Gasteiger partial charge in [-0.1, -0.05) is 24.3 Å². The van der Waals surface area contributed by atoms with E-state index >= 15 is 0 Å². The third kappa shape index (κ3) is 6.60. The number of nitrogens with one attached hydrogen (secondary N) is 3. The average Bonchev–Trinajstić information content (AvgIpc) is 3.52. The number of carbonyl (C=O) groups is 2. The van der Waals surface area contributed by atoms with Gasteiger partial charge in [-0.3, -0.25) is 14.6 Å². The third-order valence-electron chi connectivity index (χ3n) is 5.39. The number of hydrogen-bond acceptors (Lipinski definition) is 4. The maximum absolute atomic E-state index is 12.2. The highest BCUT2D eigenvalue weighted by molar-refractivity contribution is 14.0. The number of aliphatic imine (C=N–C) groups is 1. The molecule has 0 bridgehead atoms. The summed E-state index contributed by atoms with van der Waals surface area (Å²) in [5.74, 6) is 0.833. The van der Waals surface area contributed by atoms with E-state index < -0.39 is 0 Å². The van der Waals surface area contributed by atoms with Crippen LogP contribution < -0.4 is 20.9 Å². The van der Waals surface area contributed by atoms with Gasteiger partial charge in [0.15, 0.2) is 11.7 Å². The molecule has 3 aromatic rings. The molecule has 3 N–H and O–H groups in total. The molecule has 8 nitrogen and oxygen atoms in total. The molecule has 1 aliphatic rings. The van der Waals surface area contributed by atoms with Crippen LogP contribution >= 0.6 is 24.0 Å². The Morgan fingerprint density at radius 1 is 1.03 bits per heavy atom. The minimum Gasteiger partial charge on any atom is -0.459 e. The fourth-order valence-electron chi connectivity index (χ4n) is 3.67.